The Morgan fingerprint density at radius 3 is 2.64 bits per heavy atom. The normalized spacial score (nSPS) is 17.9. The highest BCUT2D eigenvalue weighted by Crippen LogP contribution is 2.48. The van der Waals surface area contributed by atoms with Crippen LogP contribution in [0.3, 0.4) is 0 Å². The lowest BCUT2D eigenvalue weighted by Crippen LogP contribution is -2.23. The van der Waals surface area contributed by atoms with Gasteiger partial charge in [0.05, 0.1) is 12.0 Å². The number of nitrogens with zero attached hydrogens (tertiary/aromatic N) is 2. The van der Waals surface area contributed by atoms with E-state index < -0.39 is 10.8 Å². The van der Waals surface area contributed by atoms with Gasteiger partial charge in [-0.25, -0.2) is 0 Å². The molecule has 0 radical (unpaired) electrons. The third kappa shape index (κ3) is 2.67. The molecule has 28 heavy (non-hydrogen) atoms. The van der Waals surface area contributed by atoms with Gasteiger partial charge in [0, 0.05) is 29.2 Å². The number of allylic oxidation sites excluding steroid dienone is 2. The molecule has 0 aromatic heterocycles. The molecule has 1 aliphatic heterocycles. The molecule has 0 bridgehead atoms. The van der Waals surface area contributed by atoms with Crippen molar-refractivity contribution in [3.63, 3.8) is 0 Å². The van der Waals surface area contributed by atoms with E-state index in [0.29, 0.717) is 17.8 Å². The molecule has 0 saturated heterocycles. The van der Waals surface area contributed by atoms with Crippen molar-refractivity contribution < 1.29 is 14.4 Å². The van der Waals surface area contributed by atoms with Gasteiger partial charge in [0.15, 0.2) is 0 Å². The van der Waals surface area contributed by atoms with E-state index in [4.69, 9.17) is 15.2 Å². The van der Waals surface area contributed by atoms with Gasteiger partial charge in [-0.2, -0.15) is 5.26 Å². The van der Waals surface area contributed by atoms with E-state index in [1.165, 1.54) is 12.1 Å². The molecule has 1 heterocycles. The average Bonchev–Trinajstić information content (AvgIpc) is 2.72. The van der Waals surface area contributed by atoms with Crippen molar-refractivity contribution in [1.82, 2.24) is 0 Å². The van der Waals surface area contributed by atoms with Crippen LogP contribution in [0.2, 0.25) is 0 Å². The second-order valence-electron chi connectivity index (χ2n) is 6.61. The zero-order valence-electron chi connectivity index (χ0n) is 15.1. The van der Waals surface area contributed by atoms with Gasteiger partial charge in [-0.15, -0.1) is 0 Å². The third-order valence-corrected chi connectivity index (χ3v) is 5.21. The lowest BCUT2D eigenvalue weighted by molar-refractivity contribution is -0.384. The van der Waals surface area contributed by atoms with Crippen LogP contribution in [0.4, 0.5) is 5.69 Å². The number of rotatable bonds is 3. The Hall–Kier alpha value is -3.79. The summed E-state index contributed by atoms with van der Waals surface area (Å²) in [6, 6.07) is 14.1. The quantitative estimate of drug-likeness (QED) is 0.646. The molecule has 1 aliphatic carbocycles. The zero-order chi connectivity index (χ0) is 19.8. The van der Waals surface area contributed by atoms with Gasteiger partial charge in [-0.3, -0.25) is 10.1 Å². The van der Waals surface area contributed by atoms with Crippen LogP contribution in [0.5, 0.6) is 5.75 Å². The lowest BCUT2D eigenvalue weighted by Gasteiger charge is -2.33. The van der Waals surface area contributed by atoms with Crippen molar-refractivity contribution in [2.75, 3.05) is 7.11 Å². The molecule has 7 heteroatoms. The van der Waals surface area contributed by atoms with E-state index in [1.807, 2.05) is 18.2 Å². The number of methoxy groups -OCH3 is 1. The summed E-state index contributed by atoms with van der Waals surface area (Å²) < 4.78 is 11.4. The molecule has 7 nitrogen and oxygen atoms in total. The number of nitriles is 1. The maximum Gasteiger partial charge on any atom is 0.269 e. The zero-order valence-corrected chi connectivity index (χ0v) is 15.1. The van der Waals surface area contributed by atoms with Crippen molar-refractivity contribution >= 4 is 11.4 Å². The smallest absolute Gasteiger partial charge is 0.269 e. The number of benzene rings is 2. The maximum absolute atomic E-state index is 11.0. The van der Waals surface area contributed by atoms with Crippen molar-refractivity contribution in [2.45, 2.75) is 18.8 Å². The number of hydrogen-bond acceptors (Lipinski definition) is 6. The van der Waals surface area contributed by atoms with E-state index in [-0.39, 0.29) is 11.6 Å². The molecule has 0 saturated carbocycles. The van der Waals surface area contributed by atoms with E-state index in [1.54, 1.807) is 19.2 Å². The minimum Gasteiger partial charge on any atom is -0.496 e. The van der Waals surface area contributed by atoms with Crippen LogP contribution in [0.1, 0.15) is 29.0 Å². The van der Waals surface area contributed by atoms with Gasteiger partial charge in [0.1, 0.15) is 23.2 Å². The summed E-state index contributed by atoms with van der Waals surface area (Å²) in [6.45, 7) is 0. The minimum atomic E-state index is -0.447. The van der Waals surface area contributed by atoms with Crippen molar-refractivity contribution in [3.8, 4) is 11.8 Å². The lowest BCUT2D eigenvalue weighted by atomic mass is 9.76. The van der Waals surface area contributed by atoms with E-state index in [9.17, 15) is 15.4 Å². The Balaban J connectivity index is 1.88. The number of nitro groups is 1. The first-order valence-electron chi connectivity index (χ1n) is 8.76. The van der Waals surface area contributed by atoms with Crippen molar-refractivity contribution in [1.29, 1.82) is 5.26 Å². The first kappa shape index (κ1) is 17.6. The Morgan fingerprint density at radius 1 is 1.25 bits per heavy atom. The summed E-state index contributed by atoms with van der Waals surface area (Å²) in [4.78, 5) is 10.5. The molecule has 0 fully saturated rings. The highest BCUT2D eigenvalue weighted by molar-refractivity contribution is 5.75. The Morgan fingerprint density at radius 2 is 2.00 bits per heavy atom. The van der Waals surface area contributed by atoms with Gasteiger partial charge in [0.25, 0.3) is 5.69 Å². The van der Waals surface area contributed by atoms with Gasteiger partial charge in [0.2, 0.25) is 5.88 Å². The maximum atomic E-state index is 11.0. The van der Waals surface area contributed by atoms with Crippen molar-refractivity contribution in [2.24, 2.45) is 5.73 Å². The predicted molar refractivity (Wildman–Crippen MR) is 102 cm³/mol. The molecule has 0 amide bonds. The monoisotopic (exact) mass is 375 g/mol. The number of non-ortho nitro benzene ring substituents is 1. The molecule has 2 aliphatic rings. The minimum absolute atomic E-state index is 0.000743. The van der Waals surface area contributed by atoms with Crippen LogP contribution >= 0.6 is 0 Å². The number of hydrogen-bond donors (Lipinski definition) is 1. The summed E-state index contributed by atoms with van der Waals surface area (Å²) in [5, 5.41) is 20.7. The number of fused-ring (bicyclic) bond motifs is 2. The summed E-state index contributed by atoms with van der Waals surface area (Å²) in [6.07, 6.45) is 1.41. The van der Waals surface area contributed by atoms with E-state index in [2.05, 4.69) is 6.07 Å². The van der Waals surface area contributed by atoms with Crippen molar-refractivity contribution in [3.05, 3.63) is 86.3 Å². The SMILES string of the molecule is COc1cccc2c1CCC1=C2OC(N)=C(C#N)C1c1ccc([N+](=O)[O-])cc1. The summed E-state index contributed by atoms with van der Waals surface area (Å²) in [5.74, 6) is 1.09. The molecule has 0 spiro atoms. The van der Waals surface area contributed by atoms with Crippen LogP contribution in [-0.2, 0) is 11.2 Å². The summed E-state index contributed by atoms with van der Waals surface area (Å²) in [7, 11) is 1.63. The molecule has 1 unspecified atom stereocenters. The predicted octanol–water partition coefficient (Wildman–Crippen LogP) is 3.77. The summed E-state index contributed by atoms with van der Waals surface area (Å²) in [5.41, 5.74) is 10.1. The Kier molecular flexibility index (Phi) is 4.24. The van der Waals surface area contributed by atoms with Gasteiger partial charge < -0.3 is 15.2 Å². The molecule has 140 valence electrons. The molecule has 2 N–H and O–H groups in total. The second kappa shape index (κ2) is 6.74. The molecular formula is C21H17N3O4. The van der Waals surface area contributed by atoms with E-state index in [0.717, 1.165) is 34.4 Å². The summed E-state index contributed by atoms with van der Waals surface area (Å²) >= 11 is 0. The van der Waals surface area contributed by atoms with Crippen LogP contribution in [0.25, 0.3) is 5.76 Å². The highest BCUT2D eigenvalue weighted by atomic mass is 16.6. The van der Waals surface area contributed by atoms with Crippen LogP contribution in [0, 0.1) is 21.4 Å². The topological polar surface area (TPSA) is 111 Å². The molecular weight excluding hydrogens is 358 g/mol. The average molecular weight is 375 g/mol. The fourth-order valence-electron chi connectivity index (χ4n) is 3.93. The number of ether oxygens (including phenoxy) is 2. The Bertz CT molecular complexity index is 1080. The molecule has 4 rings (SSSR count). The van der Waals surface area contributed by atoms with E-state index >= 15 is 0 Å². The van der Waals surface area contributed by atoms with Gasteiger partial charge in [-0.05, 0) is 30.0 Å². The number of nitrogens with two attached hydrogens (primary N) is 1. The third-order valence-electron chi connectivity index (χ3n) is 5.21. The Labute approximate surface area is 161 Å². The van der Waals surface area contributed by atoms with Gasteiger partial charge >= 0.3 is 0 Å². The fraction of sp³-hybridized carbons (Fsp3) is 0.190. The molecule has 2 aromatic rings. The first-order chi connectivity index (χ1) is 13.5. The molecule has 1 atom stereocenters. The highest BCUT2D eigenvalue weighted by Gasteiger charge is 2.36. The van der Waals surface area contributed by atoms with Crippen LogP contribution in [0.15, 0.2) is 59.5 Å². The fourth-order valence-corrected chi connectivity index (χ4v) is 3.93. The van der Waals surface area contributed by atoms with Crippen LogP contribution in [-0.4, -0.2) is 12.0 Å². The molecule has 2 aromatic carbocycles. The standard InChI is InChI=1S/C21H17N3O4/c1-27-18-4-2-3-15-14(18)9-10-16-19(17(11-22)21(23)28-20(15)16)12-5-7-13(8-6-12)24(25)26/h2-8,19H,9-10,23H2,1H3. The first-order valence-corrected chi connectivity index (χ1v) is 8.76. The van der Waals surface area contributed by atoms with Gasteiger partial charge in [-0.1, -0.05) is 24.3 Å². The second-order valence-corrected chi connectivity index (χ2v) is 6.61. The largest absolute Gasteiger partial charge is 0.496 e. The van der Waals surface area contributed by atoms with Crippen LogP contribution < -0.4 is 10.5 Å². The number of nitro benzene ring substituents is 1.